The van der Waals surface area contributed by atoms with Gasteiger partial charge in [-0.05, 0) is 65.7 Å². The van der Waals surface area contributed by atoms with Crippen molar-refractivity contribution in [2.24, 2.45) is 0 Å². The molecule has 4 heterocycles. The second-order valence-electron chi connectivity index (χ2n) is 9.94. The van der Waals surface area contributed by atoms with Gasteiger partial charge in [-0.3, -0.25) is 24.8 Å². The van der Waals surface area contributed by atoms with Gasteiger partial charge < -0.3 is 5.32 Å². The van der Waals surface area contributed by atoms with Crippen molar-refractivity contribution in [2.75, 3.05) is 18.4 Å². The molecule has 2 aromatic carbocycles. The Morgan fingerprint density at radius 3 is 2.45 bits per heavy atom. The summed E-state index contributed by atoms with van der Waals surface area (Å²) in [7, 11) is 0. The molecule has 1 saturated heterocycles. The third-order valence-electron chi connectivity index (χ3n) is 7.06. The van der Waals surface area contributed by atoms with Crippen molar-refractivity contribution >= 4 is 22.5 Å². The number of piperidine rings is 1. The third-order valence-corrected chi connectivity index (χ3v) is 7.06. The molecular formula is C30H25F3N6O. The average Bonchev–Trinajstić information content (AvgIpc) is 3.39. The molecule has 2 N–H and O–H groups in total. The summed E-state index contributed by atoms with van der Waals surface area (Å²) in [5.41, 5.74) is 5.50. The van der Waals surface area contributed by atoms with E-state index >= 15 is 0 Å². The summed E-state index contributed by atoms with van der Waals surface area (Å²) in [5, 5.41) is 10.6. The highest BCUT2D eigenvalue weighted by Gasteiger charge is 2.33. The molecule has 0 atom stereocenters. The minimum Gasteiger partial charge on any atom is -0.319 e. The van der Waals surface area contributed by atoms with Crippen LogP contribution >= 0.6 is 0 Å². The predicted molar refractivity (Wildman–Crippen MR) is 146 cm³/mol. The largest absolute Gasteiger partial charge is 0.319 e. The van der Waals surface area contributed by atoms with E-state index in [4.69, 9.17) is 0 Å². The zero-order valence-corrected chi connectivity index (χ0v) is 21.4. The normalized spacial score (nSPS) is 15.3. The molecule has 1 aliphatic heterocycles. The zero-order chi connectivity index (χ0) is 27.7. The van der Waals surface area contributed by atoms with Gasteiger partial charge in [-0.2, -0.15) is 5.10 Å². The van der Waals surface area contributed by atoms with Crippen LogP contribution in [0.1, 0.15) is 28.9 Å². The van der Waals surface area contributed by atoms with E-state index < -0.39 is 11.8 Å². The van der Waals surface area contributed by atoms with Gasteiger partial charge >= 0.3 is 0 Å². The van der Waals surface area contributed by atoms with Crippen LogP contribution in [-0.2, 0) is 6.54 Å². The van der Waals surface area contributed by atoms with Crippen molar-refractivity contribution in [3.8, 4) is 22.4 Å². The van der Waals surface area contributed by atoms with Crippen LogP contribution < -0.4 is 5.32 Å². The summed E-state index contributed by atoms with van der Waals surface area (Å²) in [6.45, 7) is 1.24. The first-order chi connectivity index (χ1) is 19.3. The van der Waals surface area contributed by atoms with Crippen molar-refractivity contribution in [2.45, 2.75) is 25.3 Å². The Hall–Kier alpha value is -4.57. The maximum absolute atomic E-state index is 13.5. The Morgan fingerprint density at radius 2 is 1.70 bits per heavy atom. The number of pyridine rings is 2. The maximum atomic E-state index is 13.5. The van der Waals surface area contributed by atoms with E-state index in [2.05, 4.69) is 25.5 Å². The van der Waals surface area contributed by atoms with Gasteiger partial charge in [-0.15, -0.1) is 0 Å². The molecule has 6 rings (SSSR count). The molecule has 0 radical (unpaired) electrons. The standard InChI is InChI=1S/C30H25F3N6O/c31-23-4-1-20(2-5-23)26-8-6-24(17-35-26)36-29(40)28-25-14-21(3-7-27(25)37-38-28)22-13-19(15-34-16-22)18-39-11-9-30(32,33)10-12-39/h1-8,13-17H,9-12,18H2,(H,36,40)(H,37,38). The van der Waals surface area contributed by atoms with Gasteiger partial charge in [-0.1, -0.05) is 6.07 Å². The molecule has 1 aliphatic rings. The number of alkyl halides is 2. The monoisotopic (exact) mass is 542 g/mol. The second-order valence-corrected chi connectivity index (χ2v) is 9.94. The molecule has 0 saturated carbocycles. The fraction of sp³-hybridized carbons (Fsp3) is 0.200. The number of amides is 1. The summed E-state index contributed by atoms with van der Waals surface area (Å²) in [4.78, 5) is 23.9. The van der Waals surface area contributed by atoms with Crippen LogP contribution in [0.4, 0.5) is 18.9 Å². The molecule has 0 aliphatic carbocycles. The number of anilines is 1. The van der Waals surface area contributed by atoms with Crippen LogP contribution in [0.2, 0.25) is 0 Å². The lowest BCUT2D eigenvalue weighted by atomic mass is 10.0. The maximum Gasteiger partial charge on any atom is 0.276 e. The van der Waals surface area contributed by atoms with Crippen molar-refractivity contribution in [1.29, 1.82) is 0 Å². The van der Waals surface area contributed by atoms with E-state index in [-0.39, 0.29) is 24.4 Å². The summed E-state index contributed by atoms with van der Waals surface area (Å²) >= 11 is 0. The van der Waals surface area contributed by atoms with Gasteiger partial charge in [-0.25, -0.2) is 13.2 Å². The molecule has 1 amide bonds. The number of carbonyl (C=O) groups excluding carboxylic acids is 1. The lowest BCUT2D eigenvalue weighted by Crippen LogP contribution is -2.38. The highest BCUT2D eigenvalue weighted by Crippen LogP contribution is 2.30. The summed E-state index contributed by atoms with van der Waals surface area (Å²) in [6, 6.07) is 17.1. The highest BCUT2D eigenvalue weighted by molar-refractivity contribution is 6.11. The molecule has 10 heteroatoms. The van der Waals surface area contributed by atoms with E-state index in [0.717, 1.165) is 22.3 Å². The molecule has 1 fully saturated rings. The van der Waals surface area contributed by atoms with Crippen LogP contribution in [0.5, 0.6) is 0 Å². The first kappa shape index (κ1) is 25.7. The van der Waals surface area contributed by atoms with E-state index in [1.54, 1.807) is 36.7 Å². The number of carbonyl (C=O) groups is 1. The number of aromatic nitrogens is 4. The Bertz CT molecular complexity index is 1660. The van der Waals surface area contributed by atoms with Crippen molar-refractivity contribution in [3.63, 3.8) is 0 Å². The van der Waals surface area contributed by atoms with E-state index in [0.29, 0.717) is 41.9 Å². The Kier molecular flexibility index (Phi) is 6.77. The number of H-pyrrole nitrogens is 1. The Balaban J connectivity index is 1.18. The number of nitrogens with zero attached hydrogens (tertiary/aromatic N) is 4. The van der Waals surface area contributed by atoms with E-state index in [1.807, 2.05) is 29.2 Å². The fourth-order valence-corrected chi connectivity index (χ4v) is 4.84. The lowest BCUT2D eigenvalue weighted by Gasteiger charge is -2.31. The van der Waals surface area contributed by atoms with Gasteiger partial charge in [0.2, 0.25) is 0 Å². The molecular weight excluding hydrogens is 517 g/mol. The number of benzene rings is 2. The SMILES string of the molecule is O=C(Nc1ccc(-c2ccc(F)cc2)nc1)c1n[nH]c2ccc(-c3cncc(CN4CCC(F)(F)CC4)c3)cc12. The first-order valence-corrected chi connectivity index (χ1v) is 12.9. The fourth-order valence-electron chi connectivity index (χ4n) is 4.84. The number of hydrogen-bond acceptors (Lipinski definition) is 5. The van der Waals surface area contributed by atoms with Gasteiger partial charge in [0.1, 0.15) is 5.82 Å². The predicted octanol–water partition coefficient (Wildman–Crippen LogP) is 6.31. The molecule has 202 valence electrons. The highest BCUT2D eigenvalue weighted by atomic mass is 19.3. The van der Waals surface area contributed by atoms with Crippen LogP contribution in [0, 0.1) is 5.82 Å². The molecule has 3 aromatic heterocycles. The van der Waals surface area contributed by atoms with Crippen LogP contribution in [0.25, 0.3) is 33.3 Å². The van der Waals surface area contributed by atoms with Gasteiger partial charge in [0.05, 0.1) is 23.1 Å². The zero-order valence-electron chi connectivity index (χ0n) is 21.4. The number of nitrogens with one attached hydrogen (secondary N) is 2. The number of fused-ring (bicyclic) bond motifs is 1. The van der Waals surface area contributed by atoms with Gasteiger partial charge in [0.25, 0.3) is 11.8 Å². The molecule has 0 bridgehead atoms. The van der Waals surface area contributed by atoms with Gasteiger partial charge in [0.15, 0.2) is 5.69 Å². The smallest absolute Gasteiger partial charge is 0.276 e. The lowest BCUT2D eigenvalue weighted by molar-refractivity contribution is -0.0566. The third kappa shape index (κ3) is 5.57. The van der Waals surface area contributed by atoms with E-state index in [1.165, 1.54) is 18.3 Å². The second kappa shape index (κ2) is 10.5. The van der Waals surface area contributed by atoms with Crippen molar-refractivity contribution in [3.05, 3.63) is 96.3 Å². The topological polar surface area (TPSA) is 86.8 Å². The van der Waals surface area contributed by atoms with Crippen LogP contribution in [0.3, 0.4) is 0 Å². The Labute approximate surface area is 228 Å². The van der Waals surface area contributed by atoms with Crippen LogP contribution in [-0.4, -0.2) is 50.0 Å². The molecule has 0 unspecified atom stereocenters. The van der Waals surface area contributed by atoms with Gasteiger partial charge in [0, 0.05) is 61.4 Å². The molecule has 7 nitrogen and oxygen atoms in total. The number of hydrogen-bond donors (Lipinski definition) is 2. The molecule has 5 aromatic rings. The average molecular weight is 543 g/mol. The Morgan fingerprint density at radius 1 is 0.925 bits per heavy atom. The minimum absolute atomic E-state index is 0.128. The quantitative estimate of drug-likeness (QED) is 0.263. The first-order valence-electron chi connectivity index (χ1n) is 12.9. The van der Waals surface area contributed by atoms with Crippen LogP contribution in [0.15, 0.2) is 79.3 Å². The number of halogens is 3. The number of rotatable bonds is 6. The molecule has 40 heavy (non-hydrogen) atoms. The van der Waals surface area contributed by atoms with Crippen molar-refractivity contribution < 1.29 is 18.0 Å². The number of aromatic amines is 1. The minimum atomic E-state index is -2.58. The van der Waals surface area contributed by atoms with Crippen molar-refractivity contribution in [1.82, 2.24) is 25.1 Å². The summed E-state index contributed by atoms with van der Waals surface area (Å²) < 4.78 is 40.2. The molecule has 0 spiro atoms. The number of likely N-dealkylation sites (tertiary alicyclic amines) is 1. The summed E-state index contributed by atoms with van der Waals surface area (Å²) in [6.07, 6.45) is 4.77. The summed E-state index contributed by atoms with van der Waals surface area (Å²) in [5.74, 6) is -3.29. The van der Waals surface area contributed by atoms with E-state index in [9.17, 15) is 18.0 Å².